The van der Waals surface area contributed by atoms with Crippen molar-refractivity contribution in [3.05, 3.63) is 12.1 Å². The third-order valence-electron chi connectivity index (χ3n) is 4.49. The van der Waals surface area contributed by atoms with E-state index in [4.69, 9.17) is 14.2 Å². The molecule has 1 aliphatic heterocycles. The van der Waals surface area contributed by atoms with E-state index in [0.717, 1.165) is 75.4 Å². The molecule has 0 bridgehead atoms. The van der Waals surface area contributed by atoms with Crippen LogP contribution in [0.15, 0.2) is 12.1 Å². The third-order valence-corrected chi connectivity index (χ3v) is 4.49. The van der Waals surface area contributed by atoms with E-state index in [2.05, 4.69) is 35.0 Å². The quantitative estimate of drug-likeness (QED) is 0.746. The van der Waals surface area contributed by atoms with Gasteiger partial charge in [-0.05, 0) is 13.1 Å². The summed E-state index contributed by atoms with van der Waals surface area (Å²) in [6.45, 7) is 11.7. The van der Waals surface area contributed by atoms with E-state index in [1.54, 1.807) is 14.2 Å². The minimum Gasteiger partial charge on any atom is -0.493 e. The van der Waals surface area contributed by atoms with E-state index < -0.39 is 0 Å². The van der Waals surface area contributed by atoms with E-state index in [-0.39, 0.29) is 0 Å². The maximum absolute atomic E-state index is 5.48. The van der Waals surface area contributed by atoms with Gasteiger partial charge in [0.15, 0.2) is 11.5 Å². The maximum Gasteiger partial charge on any atom is 0.162 e. The van der Waals surface area contributed by atoms with Gasteiger partial charge in [0.25, 0.3) is 0 Å². The first-order valence-electron chi connectivity index (χ1n) is 8.78. The van der Waals surface area contributed by atoms with Crippen LogP contribution >= 0.6 is 0 Å². The fraction of sp³-hybridized carbons (Fsp3) is 0.667. The van der Waals surface area contributed by atoms with Gasteiger partial charge in [-0.1, -0.05) is 13.8 Å². The van der Waals surface area contributed by atoms with Gasteiger partial charge < -0.3 is 29.3 Å². The van der Waals surface area contributed by atoms with Crippen LogP contribution in [0.5, 0.6) is 11.5 Å². The van der Waals surface area contributed by atoms with Crippen molar-refractivity contribution in [2.45, 2.75) is 13.8 Å². The molecule has 24 heavy (non-hydrogen) atoms. The molecule has 0 aromatic heterocycles. The summed E-state index contributed by atoms with van der Waals surface area (Å²) in [5.41, 5.74) is 2.23. The number of morpholine rings is 1. The van der Waals surface area contributed by atoms with E-state index in [9.17, 15) is 0 Å². The van der Waals surface area contributed by atoms with Gasteiger partial charge in [-0.2, -0.15) is 0 Å². The maximum atomic E-state index is 5.48. The van der Waals surface area contributed by atoms with Crippen LogP contribution in [-0.2, 0) is 4.74 Å². The number of nitrogens with one attached hydrogen (secondary N) is 1. The molecule has 0 saturated carbocycles. The average Bonchev–Trinajstić information content (AvgIpc) is 2.65. The van der Waals surface area contributed by atoms with Crippen LogP contribution in [0.25, 0.3) is 0 Å². The highest BCUT2D eigenvalue weighted by Crippen LogP contribution is 2.38. The lowest BCUT2D eigenvalue weighted by atomic mass is 10.2. The lowest BCUT2D eigenvalue weighted by Gasteiger charge is -2.31. The summed E-state index contributed by atoms with van der Waals surface area (Å²) in [6, 6.07) is 4.09. The zero-order valence-corrected chi connectivity index (χ0v) is 15.4. The monoisotopic (exact) mass is 337 g/mol. The van der Waals surface area contributed by atoms with Crippen LogP contribution in [-0.4, -0.2) is 71.6 Å². The van der Waals surface area contributed by atoms with Crippen molar-refractivity contribution in [3.8, 4) is 11.5 Å². The second kappa shape index (κ2) is 9.59. The van der Waals surface area contributed by atoms with Crippen molar-refractivity contribution in [1.82, 2.24) is 4.90 Å². The summed E-state index contributed by atoms with van der Waals surface area (Å²) >= 11 is 0. The fourth-order valence-corrected chi connectivity index (χ4v) is 2.96. The molecule has 1 aliphatic rings. The van der Waals surface area contributed by atoms with Gasteiger partial charge in [-0.15, -0.1) is 0 Å². The Morgan fingerprint density at radius 1 is 1.08 bits per heavy atom. The number of hydrogen-bond donors (Lipinski definition) is 1. The number of anilines is 2. The molecule has 0 aliphatic carbocycles. The molecule has 0 spiro atoms. The molecule has 136 valence electrons. The lowest BCUT2D eigenvalue weighted by molar-refractivity contribution is 0.122. The van der Waals surface area contributed by atoms with Crippen LogP contribution in [0.4, 0.5) is 11.4 Å². The summed E-state index contributed by atoms with van der Waals surface area (Å²) in [6.07, 6.45) is 0. The van der Waals surface area contributed by atoms with E-state index in [1.807, 2.05) is 6.07 Å². The van der Waals surface area contributed by atoms with Gasteiger partial charge in [0.05, 0.1) is 38.8 Å². The largest absolute Gasteiger partial charge is 0.493 e. The van der Waals surface area contributed by atoms with Gasteiger partial charge >= 0.3 is 0 Å². The number of benzene rings is 1. The van der Waals surface area contributed by atoms with Crippen LogP contribution in [0, 0.1) is 0 Å². The van der Waals surface area contributed by atoms with Gasteiger partial charge in [0, 0.05) is 38.3 Å². The highest BCUT2D eigenvalue weighted by atomic mass is 16.5. The highest BCUT2D eigenvalue weighted by Gasteiger charge is 2.18. The van der Waals surface area contributed by atoms with Crippen molar-refractivity contribution >= 4 is 11.4 Å². The molecule has 6 nitrogen and oxygen atoms in total. The van der Waals surface area contributed by atoms with E-state index >= 15 is 0 Å². The Hall–Kier alpha value is -1.66. The van der Waals surface area contributed by atoms with Gasteiger partial charge in [0.2, 0.25) is 0 Å². The molecule has 1 aromatic carbocycles. The van der Waals surface area contributed by atoms with Crippen molar-refractivity contribution < 1.29 is 14.2 Å². The molecule has 1 heterocycles. The molecule has 6 heteroatoms. The zero-order chi connectivity index (χ0) is 17.4. The van der Waals surface area contributed by atoms with Gasteiger partial charge in [-0.3, -0.25) is 0 Å². The first kappa shape index (κ1) is 18.7. The van der Waals surface area contributed by atoms with Crippen molar-refractivity contribution in [1.29, 1.82) is 0 Å². The highest BCUT2D eigenvalue weighted by molar-refractivity contribution is 5.75. The van der Waals surface area contributed by atoms with Gasteiger partial charge in [-0.25, -0.2) is 0 Å². The predicted molar refractivity (Wildman–Crippen MR) is 98.9 cm³/mol. The Labute approximate surface area is 145 Å². The molecule has 1 aromatic rings. The predicted octanol–water partition coefficient (Wildman–Crippen LogP) is 2.29. The molecule has 1 fully saturated rings. The summed E-state index contributed by atoms with van der Waals surface area (Å²) < 4.78 is 16.4. The summed E-state index contributed by atoms with van der Waals surface area (Å²) in [5, 5.41) is 3.58. The molecule has 1 saturated heterocycles. The number of ether oxygens (including phenoxy) is 3. The molecule has 2 rings (SSSR count). The minimum absolute atomic E-state index is 0.750. The summed E-state index contributed by atoms with van der Waals surface area (Å²) in [7, 11) is 3.35. The third kappa shape index (κ3) is 4.68. The topological polar surface area (TPSA) is 46.2 Å². The van der Waals surface area contributed by atoms with Crippen LogP contribution in [0.2, 0.25) is 0 Å². The SMILES string of the molecule is CCN(CC)CCNc1cc(OC)c(OC)cc1N1CCOCC1. The van der Waals surface area contributed by atoms with Crippen molar-refractivity contribution in [2.75, 3.05) is 76.9 Å². The lowest BCUT2D eigenvalue weighted by Crippen LogP contribution is -2.37. The van der Waals surface area contributed by atoms with Crippen LogP contribution in [0.1, 0.15) is 13.8 Å². The van der Waals surface area contributed by atoms with E-state index in [1.165, 1.54) is 0 Å². The zero-order valence-electron chi connectivity index (χ0n) is 15.4. The van der Waals surface area contributed by atoms with Crippen LogP contribution in [0.3, 0.4) is 0 Å². The number of methoxy groups -OCH3 is 2. The van der Waals surface area contributed by atoms with E-state index in [0.29, 0.717) is 0 Å². The number of hydrogen-bond acceptors (Lipinski definition) is 6. The van der Waals surface area contributed by atoms with Crippen molar-refractivity contribution in [2.24, 2.45) is 0 Å². The van der Waals surface area contributed by atoms with Crippen LogP contribution < -0.4 is 19.7 Å². The second-order valence-corrected chi connectivity index (χ2v) is 5.78. The van der Waals surface area contributed by atoms with Gasteiger partial charge in [0.1, 0.15) is 0 Å². The second-order valence-electron chi connectivity index (χ2n) is 5.78. The first-order valence-corrected chi connectivity index (χ1v) is 8.78. The Bertz CT molecular complexity index is 501. The minimum atomic E-state index is 0.750. The number of nitrogens with zero attached hydrogens (tertiary/aromatic N) is 2. The molecule has 0 unspecified atom stereocenters. The average molecular weight is 337 g/mol. The first-order chi connectivity index (χ1) is 11.7. The number of likely N-dealkylation sites (N-methyl/N-ethyl adjacent to an activating group) is 1. The standard InChI is InChI=1S/C18H31N3O3/c1-5-20(6-2)8-7-19-15-13-17(22-3)18(23-4)14-16(15)21-9-11-24-12-10-21/h13-14,19H,5-12H2,1-4H3. The summed E-state index contributed by atoms with van der Waals surface area (Å²) in [5.74, 6) is 1.51. The normalized spacial score (nSPS) is 14.8. The molecule has 0 amide bonds. The molecule has 1 N–H and O–H groups in total. The van der Waals surface area contributed by atoms with Crippen molar-refractivity contribution in [3.63, 3.8) is 0 Å². The fourth-order valence-electron chi connectivity index (χ4n) is 2.96. The smallest absolute Gasteiger partial charge is 0.162 e. The molecular formula is C18H31N3O3. The Morgan fingerprint density at radius 2 is 1.71 bits per heavy atom. The Morgan fingerprint density at radius 3 is 2.29 bits per heavy atom. The summed E-state index contributed by atoms with van der Waals surface area (Å²) in [4.78, 5) is 4.74. The molecule has 0 radical (unpaired) electrons. The number of rotatable bonds is 9. The molecule has 0 atom stereocenters. The Balaban J connectivity index is 2.18. The Kier molecular flexibility index (Phi) is 7.46. The molecular weight excluding hydrogens is 306 g/mol.